The van der Waals surface area contributed by atoms with E-state index in [1.54, 1.807) is 6.21 Å². The quantitative estimate of drug-likeness (QED) is 0.305. The second kappa shape index (κ2) is 7.39. The van der Waals surface area contributed by atoms with Crippen molar-refractivity contribution in [2.75, 3.05) is 0 Å². The molecular weight excluding hydrogens is 453 g/mol. The van der Waals surface area contributed by atoms with Crippen molar-refractivity contribution in [2.24, 2.45) is 4.40 Å². The Labute approximate surface area is 175 Å². The number of ether oxygens (including phenoxy) is 1. The van der Waals surface area contributed by atoms with E-state index < -0.39 is 27.5 Å². The van der Waals surface area contributed by atoms with Crippen LogP contribution >= 0.6 is 27.5 Å². The summed E-state index contributed by atoms with van der Waals surface area (Å²) >= 11 is 8.05. The lowest BCUT2D eigenvalue weighted by molar-refractivity contribution is 0.154. The molecule has 0 aromatic heterocycles. The lowest BCUT2D eigenvalue weighted by Crippen LogP contribution is -2.37. The van der Waals surface area contributed by atoms with Gasteiger partial charge in [-0.15, -0.1) is 0 Å². The van der Waals surface area contributed by atoms with E-state index >= 15 is 0 Å². The first-order valence-electron chi connectivity index (χ1n) is 8.47. The smallest absolute Gasteiger partial charge is 0.180 e. The summed E-state index contributed by atoms with van der Waals surface area (Å²) in [5, 5.41) is 0.0169. The summed E-state index contributed by atoms with van der Waals surface area (Å²) in [6, 6.07) is 10.8. The third kappa shape index (κ3) is 3.65. The zero-order chi connectivity index (χ0) is 20.0. The van der Waals surface area contributed by atoms with Gasteiger partial charge in [-0.05, 0) is 36.7 Å². The first kappa shape index (κ1) is 20.6. The molecule has 0 aliphatic carbocycles. The van der Waals surface area contributed by atoms with Crippen LogP contribution in [-0.2, 0) is 17.0 Å². The predicted molar refractivity (Wildman–Crippen MR) is 113 cm³/mol. The Hall–Kier alpha value is -1.08. The van der Waals surface area contributed by atoms with Gasteiger partial charge in [0.05, 0.1) is 5.02 Å². The predicted octanol–water partition coefficient (Wildman–Crippen LogP) is 6.17. The van der Waals surface area contributed by atoms with Crippen molar-refractivity contribution < 1.29 is 13.7 Å². The minimum absolute atomic E-state index is 0.0169. The number of benzene rings is 2. The number of halogens is 3. The highest BCUT2D eigenvalue weighted by molar-refractivity contribution is 9.10. The van der Waals surface area contributed by atoms with E-state index in [2.05, 4.69) is 20.3 Å². The Balaban J connectivity index is 2.16. The fourth-order valence-corrected chi connectivity index (χ4v) is 4.52. The van der Waals surface area contributed by atoms with E-state index in [0.717, 1.165) is 11.1 Å². The van der Waals surface area contributed by atoms with E-state index in [1.165, 1.54) is 6.07 Å². The molecule has 0 spiro atoms. The molecule has 27 heavy (non-hydrogen) atoms. The fourth-order valence-electron chi connectivity index (χ4n) is 3.06. The Bertz CT molecular complexity index is 888. The van der Waals surface area contributed by atoms with Gasteiger partial charge in [-0.3, -0.25) is 0 Å². The van der Waals surface area contributed by atoms with E-state index in [4.69, 9.17) is 16.3 Å². The summed E-state index contributed by atoms with van der Waals surface area (Å²) in [5.74, 6) is -0.398. The van der Waals surface area contributed by atoms with Crippen molar-refractivity contribution in [3.05, 3.63) is 62.8 Å². The lowest BCUT2D eigenvalue weighted by atomic mass is 9.81. The lowest BCUT2D eigenvalue weighted by Gasteiger charge is -2.30. The van der Waals surface area contributed by atoms with Crippen molar-refractivity contribution in [1.82, 2.24) is 0 Å². The van der Waals surface area contributed by atoms with Crippen LogP contribution in [0.15, 0.2) is 45.3 Å². The summed E-state index contributed by atoms with van der Waals surface area (Å²) in [4.78, 5) is 0. The highest BCUT2D eigenvalue weighted by Gasteiger charge is 2.49. The molecule has 3 nitrogen and oxygen atoms in total. The first-order valence-corrected chi connectivity index (χ1v) is 10.7. The third-order valence-electron chi connectivity index (χ3n) is 4.61. The topological polar surface area (TPSA) is 44.6 Å². The van der Waals surface area contributed by atoms with Gasteiger partial charge in [-0.25, -0.2) is 4.39 Å². The average Bonchev–Trinajstić information content (AvgIpc) is 2.90. The van der Waals surface area contributed by atoms with Crippen molar-refractivity contribution in [3.8, 4) is 5.75 Å². The number of rotatable bonds is 3. The van der Waals surface area contributed by atoms with Gasteiger partial charge < -0.3 is 9.29 Å². The molecule has 0 amide bonds. The second-order valence-electron chi connectivity index (χ2n) is 7.48. The Morgan fingerprint density at radius 2 is 1.96 bits per heavy atom. The monoisotopic (exact) mass is 471 g/mol. The molecule has 0 radical (unpaired) electrons. The maximum absolute atomic E-state index is 14.2. The standard InChI is InChI=1S/C20H20BrClFNO2S/c1-12-16-15(10-14(23)18(22)17(16)21)26-20(12,13-8-6-5-7-9-13)11-24-27(25)19(2,3)4/h5-12H,1-4H3/b24-11+/t12-,20-,27+/m0/s1. The zero-order valence-corrected chi connectivity index (χ0v) is 18.6. The summed E-state index contributed by atoms with van der Waals surface area (Å²) in [7, 11) is 0. The van der Waals surface area contributed by atoms with Crippen LogP contribution in [-0.4, -0.2) is 15.5 Å². The van der Waals surface area contributed by atoms with Gasteiger partial charge in [0, 0.05) is 27.6 Å². The molecule has 0 N–H and O–H groups in total. The first-order chi connectivity index (χ1) is 12.6. The van der Waals surface area contributed by atoms with E-state index in [0.29, 0.717) is 10.2 Å². The summed E-state index contributed by atoms with van der Waals surface area (Å²) in [5.41, 5.74) is 0.592. The Morgan fingerprint density at radius 3 is 2.56 bits per heavy atom. The zero-order valence-electron chi connectivity index (χ0n) is 15.4. The Kier molecular flexibility index (Phi) is 5.65. The molecule has 0 unspecified atom stereocenters. The molecule has 0 bridgehead atoms. The van der Waals surface area contributed by atoms with Crippen LogP contribution in [0.5, 0.6) is 5.75 Å². The van der Waals surface area contributed by atoms with Crippen LogP contribution in [0.25, 0.3) is 0 Å². The second-order valence-corrected chi connectivity index (χ2v) is 10.6. The molecule has 3 atom stereocenters. The van der Waals surface area contributed by atoms with E-state index in [9.17, 15) is 8.94 Å². The van der Waals surface area contributed by atoms with Crippen LogP contribution < -0.4 is 4.74 Å². The van der Waals surface area contributed by atoms with Gasteiger partial charge in [-0.1, -0.05) is 53.3 Å². The molecule has 0 saturated carbocycles. The largest absolute Gasteiger partial charge is 0.591 e. The van der Waals surface area contributed by atoms with Crippen molar-refractivity contribution in [1.29, 1.82) is 0 Å². The van der Waals surface area contributed by atoms with E-state index in [-0.39, 0.29) is 10.9 Å². The molecule has 3 rings (SSSR count). The average molecular weight is 473 g/mol. The van der Waals surface area contributed by atoms with Gasteiger partial charge >= 0.3 is 0 Å². The van der Waals surface area contributed by atoms with E-state index in [1.807, 2.05) is 58.0 Å². The van der Waals surface area contributed by atoms with Gasteiger partial charge in [0.25, 0.3) is 0 Å². The molecule has 2 aromatic rings. The number of hydrogen-bond donors (Lipinski definition) is 0. The highest BCUT2D eigenvalue weighted by Crippen LogP contribution is 2.54. The fraction of sp³-hybridized carbons (Fsp3) is 0.350. The number of fused-ring (bicyclic) bond motifs is 1. The maximum atomic E-state index is 14.2. The summed E-state index contributed by atoms with van der Waals surface area (Å²) in [6.07, 6.45) is 1.59. The summed E-state index contributed by atoms with van der Waals surface area (Å²) in [6.45, 7) is 7.53. The Morgan fingerprint density at radius 1 is 1.33 bits per heavy atom. The molecule has 0 fully saturated rings. The van der Waals surface area contributed by atoms with Crippen molar-refractivity contribution in [3.63, 3.8) is 0 Å². The maximum Gasteiger partial charge on any atom is 0.180 e. The molecule has 1 heterocycles. The van der Waals surface area contributed by atoms with Gasteiger partial charge in [0.1, 0.15) is 33.9 Å². The molecule has 7 heteroatoms. The highest BCUT2D eigenvalue weighted by atomic mass is 79.9. The van der Waals surface area contributed by atoms with Crippen LogP contribution in [0.2, 0.25) is 5.02 Å². The number of nitrogens with zero attached hydrogens (tertiary/aromatic N) is 1. The normalized spacial score (nSPS) is 23.3. The van der Waals surface area contributed by atoms with Gasteiger partial charge in [-0.2, -0.15) is 0 Å². The summed E-state index contributed by atoms with van der Waals surface area (Å²) < 4.78 is 37.2. The van der Waals surface area contributed by atoms with Crippen molar-refractivity contribution >= 4 is 45.1 Å². The molecule has 2 aromatic carbocycles. The number of hydrogen-bond acceptors (Lipinski definition) is 3. The molecule has 144 valence electrons. The SMILES string of the molecule is C[C@H]1c2c(cc(F)c(Cl)c2Br)O[C@]1(/C=N/[S@+]([O-])C(C)(C)C)c1ccccc1. The van der Waals surface area contributed by atoms with Gasteiger partial charge in [0.15, 0.2) is 5.60 Å². The van der Waals surface area contributed by atoms with Crippen LogP contribution in [0.4, 0.5) is 4.39 Å². The van der Waals surface area contributed by atoms with Crippen molar-refractivity contribution in [2.45, 2.75) is 44.0 Å². The third-order valence-corrected chi connectivity index (χ3v) is 7.37. The van der Waals surface area contributed by atoms with Crippen LogP contribution in [0.3, 0.4) is 0 Å². The van der Waals surface area contributed by atoms with Gasteiger partial charge in [0.2, 0.25) is 0 Å². The minimum atomic E-state index is -1.45. The van der Waals surface area contributed by atoms with Crippen LogP contribution in [0, 0.1) is 5.82 Å². The molecule has 0 saturated heterocycles. The van der Waals surface area contributed by atoms with Crippen LogP contribution in [0.1, 0.15) is 44.7 Å². The molecule has 1 aliphatic rings. The molecular formula is C20H20BrClFNO2S. The molecule has 1 aliphatic heterocycles. The minimum Gasteiger partial charge on any atom is -0.591 e.